The summed E-state index contributed by atoms with van der Waals surface area (Å²) in [6.07, 6.45) is 1.60. The van der Waals surface area contributed by atoms with Crippen LogP contribution in [0.2, 0.25) is 0 Å². The molecule has 0 fully saturated rings. The van der Waals surface area contributed by atoms with Crippen LogP contribution in [0, 0.1) is 0 Å². The van der Waals surface area contributed by atoms with Gasteiger partial charge in [-0.3, -0.25) is 0 Å². The maximum atomic E-state index is 11.7. The highest BCUT2D eigenvalue weighted by Crippen LogP contribution is 2.32. The van der Waals surface area contributed by atoms with Crippen molar-refractivity contribution in [1.29, 1.82) is 0 Å². The van der Waals surface area contributed by atoms with E-state index in [4.69, 9.17) is 9.47 Å². The summed E-state index contributed by atoms with van der Waals surface area (Å²) in [6.45, 7) is 3.86. The number of benzene rings is 2. The number of carboxylic acid groups (broad SMARTS) is 1. The Hall–Kier alpha value is -2.93. The van der Waals surface area contributed by atoms with Gasteiger partial charge < -0.3 is 19.6 Å². The van der Waals surface area contributed by atoms with Crippen molar-refractivity contribution in [3.63, 3.8) is 0 Å². The van der Waals surface area contributed by atoms with Crippen LogP contribution >= 0.6 is 11.8 Å². The number of rotatable bonds is 7. The van der Waals surface area contributed by atoms with Crippen molar-refractivity contribution in [3.05, 3.63) is 52.9 Å². The zero-order valence-electron chi connectivity index (χ0n) is 15.2. The Morgan fingerprint density at radius 3 is 2.67 bits per heavy atom. The fraction of sp³-hybridized carbons (Fsp3) is 0.200. The molecule has 0 bridgehead atoms. The standard InChI is InChI=1S/C20H20N2O4S/c1-12(2)26-16-9-8-13(10-17(16)25-3)11-18(19(23)24)27-20-21-14-6-4-5-7-15(14)22-20/h4-12H,1-3H3,(H,21,22)(H,23,24)/b18-11-. The van der Waals surface area contributed by atoms with Gasteiger partial charge in [0.15, 0.2) is 16.7 Å². The number of hydrogen-bond acceptors (Lipinski definition) is 5. The van der Waals surface area contributed by atoms with Gasteiger partial charge in [0.1, 0.15) is 4.91 Å². The second kappa shape index (κ2) is 8.18. The summed E-state index contributed by atoms with van der Waals surface area (Å²) in [5.41, 5.74) is 2.35. The number of H-pyrrole nitrogens is 1. The third-order valence-electron chi connectivity index (χ3n) is 3.63. The minimum absolute atomic E-state index is 0.0125. The molecule has 0 aliphatic rings. The molecule has 0 aliphatic heterocycles. The number of para-hydroxylation sites is 2. The highest BCUT2D eigenvalue weighted by molar-refractivity contribution is 8.04. The lowest BCUT2D eigenvalue weighted by atomic mass is 10.2. The predicted octanol–water partition coefficient (Wildman–Crippen LogP) is 4.58. The van der Waals surface area contributed by atoms with Crippen molar-refractivity contribution in [2.75, 3.05) is 7.11 Å². The second-order valence-electron chi connectivity index (χ2n) is 6.05. The van der Waals surface area contributed by atoms with Crippen LogP contribution in [0.4, 0.5) is 0 Å². The van der Waals surface area contributed by atoms with Crippen LogP contribution in [0.25, 0.3) is 17.1 Å². The SMILES string of the molecule is COc1cc(/C=C(\Sc2nc3ccccc3[nH]2)C(=O)O)ccc1OC(C)C. The first-order valence-corrected chi connectivity index (χ1v) is 9.20. The lowest BCUT2D eigenvalue weighted by molar-refractivity contribution is -0.131. The molecule has 2 aromatic carbocycles. The highest BCUT2D eigenvalue weighted by atomic mass is 32.2. The minimum Gasteiger partial charge on any atom is -0.493 e. The smallest absolute Gasteiger partial charge is 0.342 e. The monoisotopic (exact) mass is 384 g/mol. The zero-order valence-corrected chi connectivity index (χ0v) is 16.0. The number of carboxylic acids is 1. The number of thioether (sulfide) groups is 1. The van der Waals surface area contributed by atoms with Gasteiger partial charge in [0.05, 0.1) is 24.2 Å². The zero-order chi connectivity index (χ0) is 19.4. The Bertz CT molecular complexity index is 962. The van der Waals surface area contributed by atoms with E-state index in [9.17, 15) is 9.90 Å². The number of ether oxygens (including phenoxy) is 2. The summed E-state index contributed by atoms with van der Waals surface area (Å²) in [5.74, 6) is 0.143. The molecule has 0 saturated carbocycles. The predicted molar refractivity (Wildman–Crippen MR) is 106 cm³/mol. The molecule has 3 rings (SSSR count). The molecule has 140 valence electrons. The van der Waals surface area contributed by atoms with Gasteiger partial charge in [-0.05, 0) is 61.5 Å². The Balaban J connectivity index is 1.90. The minimum atomic E-state index is -1.03. The van der Waals surface area contributed by atoms with E-state index < -0.39 is 5.97 Å². The average Bonchev–Trinajstić information content (AvgIpc) is 3.04. The van der Waals surface area contributed by atoms with Gasteiger partial charge in [-0.2, -0.15) is 0 Å². The van der Waals surface area contributed by atoms with Gasteiger partial charge in [0, 0.05) is 0 Å². The quantitative estimate of drug-likeness (QED) is 0.458. The van der Waals surface area contributed by atoms with Gasteiger partial charge >= 0.3 is 5.97 Å². The number of fused-ring (bicyclic) bond motifs is 1. The van der Waals surface area contributed by atoms with E-state index in [0.717, 1.165) is 22.8 Å². The molecule has 27 heavy (non-hydrogen) atoms. The van der Waals surface area contributed by atoms with Crippen molar-refractivity contribution in [2.24, 2.45) is 0 Å². The number of hydrogen-bond donors (Lipinski definition) is 2. The molecule has 2 N–H and O–H groups in total. The van der Waals surface area contributed by atoms with Gasteiger partial charge in [0.2, 0.25) is 0 Å². The van der Waals surface area contributed by atoms with Crippen LogP contribution in [0.3, 0.4) is 0 Å². The van der Waals surface area contributed by atoms with Crippen LogP contribution < -0.4 is 9.47 Å². The van der Waals surface area contributed by atoms with Crippen molar-refractivity contribution in [1.82, 2.24) is 9.97 Å². The van der Waals surface area contributed by atoms with E-state index >= 15 is 0 Å². The molecule has 0 aliphatic carbocycles. The second-order valence-corrected chi connectivity index (χ2v) is 7.08. The van der Waals surface area contributed by atoms with Gasteiger partial charge in [0.25, 0.3) is 0 Å². The number of methoxy groups -OCH3 is 1. The van der Waals surface area contributed by atoms with Crippen molar-refractivity contribution < 1.29 is 19.4 Å². The fourth-order valence-electron chi connectivity index (χ4n) is 2.49. The van der Waals surface area contributed by atoms with Crippen molar-refractivity contribution >= 4 is 34.8 Å². The third-order valence-corrected chi connectivity index (χ3v) is 4.53. The van der Waals surface area contributed by atoms with E-state index in [-0.39, 0.29) is 11.0 Å². The van der Waals surface area contributed by atoms with E-state index in [1.165, 1.54) is 0 Å². The highest BCUT2D eigenvalue weighted by Gasteiger charge is 2.14. The van der Waals surface area contributed by atoms with Crippen LogP contribution in [-0.2, 0) is 4.79 Å². The summed E-state index contributed by atoms with van der Waals surface area (Å²) in [6, 6.07) is 12.9. The van der Waals surface area contributed by atoms with Crippen molar-refractivity contribution in [2.45, 2.75) is 25.1 Å². The van der Waals surface area contributed by atoms with Gasteiger partial charge in [-0.1, -0.05) is 18.2 Å². The summed E-state index contributed by atoms with van der Waals surface area (Å²) in [4.78, 5) is 19.4. The normalized spacial score (nSPS) is 11.8. The fourth-order valence-corrected chi connectivity index (χ4v) is 3.29. The number of imidazole rings is 1. The largest absolute Gasteiger partial charge is 0.493 e. The van der Waals surface area contributed by atoms with Crippen molar-refractivity contribution in [3.8, 4) is 11.5 Å². The Labute approximate surface area is 161 Å². The van der Waals surface area contributed by atoms with E-state index in [2.05, 4.69) is 9.97 Å². The number of aromatic amines is 1. The topological polar surface area (TPSA) is 84.4 Å². The van der Waals surface area contributed by atoms with E-state index in [1.807, 2.05) is 38.1 Å². The van der Waals surface area contributed by atoms with Crippen LogP contribution in [-0.4, -0.2) is 34.3 Å². The lowest BCUT2D eigenvalue weighted by Crippen LogP contribution is -2.06. The number of nitrogens with one attached hydrogen (secondary N) is 1. The number of aromatic nitrogens is 2. The first kappa shape index (κ1) is 18.8. The molecule has 0 atom stereocenters. The molecule has 0 saturated heterocycles. The summed E-state index contributed by atoms with van der Waals surface area (Å²) < 4.78 is 11.1. The van der Waals surface area contributed by atoms with Crippen LogP contribution in [0.1, 0.15) is 19.4 Å². The van der Waals surface area contributed by atoms with Crippen LogP contribution in [0.5, 0.6) is 11.5 Å². The summed E-state index contributed by atoms with van der Waals surface area (Å²) in [5, 5.41) is 10.1. The van der Waals surface area contributed by atoms with Crippen LogP contribution in [0.15, 0.2) is 52.5 Å². The van der Waals surface area contributed by atoms with Gasteiger partial charge in [-0.15, -0.1) is 0 Å². The molecule has 3 aromatic rings. The molecule has 0 radical (unpaired) electrons. The molecule has 1 aromatic heterocycles. The summed E-state index contributed by atoms with van der Waals surface area (Å²) >= 11 is 1.07. The lowest BCUT2D eigenvalue weighted by Gasteiger charge is -2.14. The average molecular weight is 384 g/mol. The molecule has 0 unspecified atom stereocenters. The molecule has 7 heteroatoms. The molecular formula is C20H20N2O4S. The molecule has 1 heterocycles. The Morgan fingerprint density at radius 2 is 2.00 bits per heavy atom. The Morgan fingerprint density at radius 1 is 1.22 bits per heavy atom. The first-order valence-electron chi connectivity index (χ1n) is 8.38. The van der Waals surface area contributed by atoms with Gasteiger partial charge in [-0.25, -0.2) is 9.78 Å². The summed E-state index contributed by atoms with van der Waals surface area (Å²) in [7, 11) is 1.55. The number of aliphatic carboxylic acids is 1. The molecule has 0 spiro atoms. The van der Waals surface area contributed by atoms with E-state index in [0.29, 0.717) is 22.2 Å². The molecule has 6 nitrogen and oxygen atoms in total. The maximum absolute atomic E-state index is 11.7. The van der Waals surface area contributed by atoms with E-state index in [1.54, 1.807) is 31.4 Å². The third kappa shape index (κ3) is 4.62. The first-order chi connectivity index (χ1) is 13.0. The molecule has 0 amide bonds. The Kier molecular flexibility index (Phi) is 5.71. The maximum Gasteiger partial charge on any atom is 0.342 e. The number of nitrogens with zero attached hydrogens (tertiary/aromatic N) is 1. The molecular weight excluding hydrogens is 364 g/mol. The number of carbonyl (C=O) groups is 1.